The summed E-state index contributed by atoms with van der Waals surface area (Å²) in [6.45, 7) is 9.02. The van der Waals surface area contributed by atoms with Gasteiger partial charge in [-0.2, -0.15) is 0 Å². The average molecular weight is 240 g/mol. The molecule has 2 rings (SSSR count). The van der Waals surface area contributed by atoms with Crippen LogP contribution in [0.15, 0.2) is 0 Å². The Hall–Kier alpha value is -0.120. The number of rotatable bonds is 4. The lowest BCUT2D eigenvalue weighted by molar-refractivity contribution is 0.0305. The predicted octanol–water partition coefficient (Wildman–Crippen LogP) is 1.83. The van der Waals surface area contributed by atoms with Crippen molar-refractivity contribution in [3.63, 3.8) is 0 Å². The molecule has 0 radical (unpaired) electrons. The lowest BCUT2D eigenvalue weighted by atomic mass is 9.90. The van der Waals surface area contributed by atoms with Crippen LogP contribution in [0.5, 0.6) is 0 Å². The van der Waals surface area contributed by atoms with Gasteiger partial charge in [-0.15, -0.1) is 0 Å². The molecule has 0 bridgehead atoms. The molecule has 3 nitrogen and oxygen atoms in total. The van der Waals surface area contributed by atoms with Crippen molar-refractivity contribution in [2.75, 3.05) is 46.4 Å². The lowest BCUT2D eigenvalue weighted by Crippen LogP contribution is -2.44. The van der Waals surface area contributed by atoms with Crippen LogP contribution in [0.3, 0.4) is 0 Å². The third kappa shape index (κ3) is 3.94. The van der Waals surface area contributed by atoms with Crippen molar-refractivity contribution in [2.24, 2.45) is 5.92 Å². The fourth-order valence-electron chi connectivity index (χ4n) is 3.15. The van der Waals surface area contributed by atoms with Crippen molar-refractivity contribution < 1.29 is 4.74 Å². The molecule has 0 aliphatic carbocycles. The Morgan fingerprint density at radius 2 is 1.94 bits per heavy atom. The Bertz CT molecular complexity index is 216. The highest BCUT2D eigenvalue weighted by Crippen LogP contribution is 2.24. The Balaban J connectivity index is 1.68. The topological polar surface area (TPSA) is 15.7 Å². The molecule has 17 heavy (non-hydrogen) atoms. The van der Waals surface area contributed by atoms with Gasteiger partial charge in [0.25, 0.3) is 0 Å². The van der Waals surface area contributed by atoms with E-state index in [1.165, 1.54) is 38.8 Å². The molecule has 2 aliphatic rings. The molecular formula is C14H28N2O. The Labute approximate surface area is 106 Å². The first-order valence-electron chi connectivity index (χ1n) is 7.30. The minimum absolute atomic E-state index is 0.820. The summed E-state index contributed by atoms with van der Waals surface area (Å²) in [5, 5.41) is 0. The van der Waals surface area contributed by atoms with Crippen LogP contribution in [0.4, 0.5) is 0 Å². The molecule has 0 spiro atoms. The van der Waals surface area contributed by atoms with Crippen molar-refractivity contribution in [1.29, 1.82) is 0 Å². The Kier molecular flexibility index (Phi) is 5.26. The van der Waals surface area contributed by atoms with Crippen molar-refractivity contribution in [3.05, 3.63) is 0 Å². The largest absolute Gasteiger partial charge is 0.379 e. The SMILES string of the molecule is CC[C@@H]1CC[C@H](CCN2CCOCC2)N(C)C1. The van der Waals surface area contributed by atoms with Gasteiger partial charge in [0.2, 0.25) is 0 Å². The monoisotopic (exact) mass is 240 g/mol. The summed E-state index contributed by atoms with van der Waals surface area (Å²) < 4.78 is 5.39. The van der Waals surface area contributed by atoms with Crippen LogP contribution in [-0.4, -0.2) is 62.3 Å². The second-order valence-electron chi connectivity index (χ2n) is 5.69. The van der Waals surface area contributed by atoms with Crippen molar-refractivity contribution in [3.8, 4) is 0 Å². The van der Waals surface area contributed by atoms with Crippen LogP contribution in [0.2, 0.25) is 0 Å². The maximum atomic E-state index is 5.39. The number of ether oxygens (including phenoxy) is 1. The third-order valence-corrected chi connectivity index (χ3v) is 4.54. The summed E-state index contributed by atoms with van der Waals surface area (Å²) >= 11 is 0. The van der Waals surface area contributed by atoms with E-state index in [0.29, 0.717) is 0 Å². The molecule has 2 heterocycles. The number of hydrogen-bond donors (Lipinski definition) is 0. The smallest absolute Gasteiger partial charge is 0.0594 e. The quantitative estimate of drug-likeness (QED) is 0.745. The Morgan fingerprint density at radius 3 is 2.59 bits per heavy atom. The molecule has 0 aromatic carbocycles. The molecule has 0 aromatic rings. The maximum Gasteiger partial charge on any atom is 0.0594 e. The van der Waals surface area contributed by atoms with E-state index in [1.807, 2.05) is 0 Å². The molecule has 2 saturated heterocycles. The lowest BCUT2D eigenvalue weighted by Gasteiger charge is -2.38. The van der Waals surface area contributed by atoms with E-state index in [2.05, 4.69) is 23.8 Å². The van der Waals surface area contributed by atoms with Gasteiger partial charge in [-0.3, -0.25) is 4.90 Å². The van der Waals surface area contributed by atoms with Crippen LogP contribution in [-0.2, 0) is 4.74 Å². The second-order valence-corrected chi connectivity index (χ2v) is 5.69. The summed E-state index contributed by atoms with van der Waals surface area (Å²) in [5.41, 5.74) is 0. The standard InChI is InChI=1S/C14H28N2O/c1-3-13-4-5-14(15(2)12-13)6-7-16-8-10-17-11-9-16/h13-14H,3-12H2,1-2H3/t13-,14-/m1/s1. The number of piperidine rings is 1. The fourth-order valence-corrected chi connectivity index (χ4v) is 3.15. The highest BCUT2D eigenvalue weighted by molar-refractivity contribution is 4.80. The number of morpholine rings is 1. The van der Waals surface area contributed by atoms with Crippen LogP contribution in [0.1, 0.15) is 32.6 Å². The minimum Gasteiger partial charge on any atom is -0.379 e. The summed E-state index contributed by atoms with van der Waals surface area (Å²) in [7, 11) is 2.31. The van der Waals surface area contributed by atoms with Gasteiger partial charge in [0.15, 0.2) is 0 Å². The average Bonchev–Trinajstić information content (AvgIpc) is 2.38. The third-order valence-electron chi connectivity index (χ3n) is 4.54. The first-order chi connectivity index (χ1) is 8.29. The van der Waals surface area contributed by atoms with Gasteiger partial charge in [0.05, 0.1) is 13.2 Å². The number of nitrogens with zero attached hydrogens (tertiary/aromatic N) is 2. The predicted molar refractivity (Wildman–Crippen MR) is 71.3 cm³/mol. The van der Waals surface area contributed by atoms with E-state index in [-0.39, 0.29) is 0 Å². The van der Waals surface area contributed by atoms with Crippen LogP contribution >= 0.6 is 0 Å². The highest BCUT2D eigenvalue weighted by Gasteiger charge is 2.25. The molecule has 100 valence electrons. The van der Waals surface area contributed by atoms with Crippen LogP contribution < -0.4 is 0 Å². The van der Waals surface area contributed by atoms with Crippen molar-refractivity contribution in [2.45, 2.75) is 38.6 Å². The van der Waals surface area contributed by atoms with E-state index in [1.54, 1.807) is 0 Å². The van der Waals surface area contributed by atoms with Crippen molar-refractivity contribution in [1.82, 2.24) is 9.80 Å². The van der Waals surface area contributed by atoms with E-state index in [9.17, 15) is 0 Å². The molecule has 0 unspecified atom stereocenters. The molecule has 2 fully saturated rings. The van der Waals surface area contributed by atoms with E-state index < -0.39 is 0 Å². The number of likely N-dealkylation sites (tertiary alicyclic amines) is 1. The van der Waals surface area contributed by atoms with Crippen LogP contribution in [0, 0.1) is 5.92 Å². The zero-order valence-electron chi connectivity index (χ0n) is 11.5. The summed E-state index contributed by atoms with van der Waals surface area (Å²) in [5.74, 6) is 0.944. The molecule has 0 N–H and O–H groups in total. The molecular weight excluding hydrogens is 212 g/mol. The van der Waals surface area contributed by atoms with Gasteiger partial charge in [-0.25, -0.2) is 0 Å². The van der Waals surface area contributed by atoms with E-state index in [4.69, 9.17) is 4.74 Å². The van der Waals surface area contributed by atoms with Crippen molar-refractivity contribution >= 4 is 0 Å². The zero-order chi connectivity index (χ0) is 12.1. The van der Waals surface area contributed by atoms with Gasteiger partial charge >= 0.3 is 0 Å². The van der Waals surface area contributed by atoms with Crippen LogP contribution in [0.25, 0.3) is 0 Å². The maximum absolute atomic E-state index is 5.39. The zero-order valence-corrected chi connectivity index (χ0v) is 11.5. The van der Waals surface area contributed by atoms with E-state index in [0.717, 1.165) is 38.3 Å². The highest BCUT2D eigenvalue weighted by atomic mass is 16.5. The minimum atomic E-state index is 0.820. The van der Waals surface area contributed by atoms with Gasteiger partial charge in [0, 0.05) is 25.7 Å². The molecule has 3 heteroatoms. The molecule has 2 aliphatic heterocycles. The number of hydrogen-bond acceptors (Lipinski definition) is 3. The molecule has 0 aromatic heterocycles. The van der Waals surface area contributed by atoms with Gasteiger partial charge < -0.3 is 9.64 Å². The van der Waals surface area contributed by atoms with Gasteiger partial charge in [-0.1, -0.05) is 13.3 Å². The second kappa shape index (κ2) is 6.72. The van der Waals surface area contributed by atoms with Gasteiger partial charge in [0.1, 0.15) is 0 Å². The molecule has 0 saturated carbocycles. The summed E-state index contributed by atoms with van der Waals surface area (Å²) in [4.78, 5) is 5.15. The van der Waals surface area contributed by atoms with E-state index >= 15 is 0 Å². The normalized spacial score (nSPS) is 32.8. The summed E-state index contributed by atoms with van der Waals surface area (Å²) in [6.07, 6.45) is 5.53. The molecule has 2 atom stereocenters. The summed E-state index contributed by atoms with van der Waals surface area (Å²) in [6, 6.07) is 0.820. The Morgan fingerprint density at radius 1 is 1.18 bits per heavy atom. The first-order valence-corrected chi connectivity index (χ1v) is 7.30. The fraction of sp³-hybridized carbons (Fsp3) is 1.00. The van der Waals surface area contributed by atoms with Gasteiger partial charge in [-0.05, 0) is 38.8 Å². The first kappa shape index (κ1) is 13.3. The molecule has 0 amide bonds.